The molecule has 3 nitrogen and oxygen atoms in total. The number of likely N-dealkylation sites (tertiary alicyclic amines) is 1. The van der Waals surface area contributed by atoms with Gasteiger partial charge >= 0.3 is 0 Å². The van der Waals surface area contributed by atoms with Crippen LogP contribution in [0.1, 0.15) is 19.8 Å². The fourth-order valence-electron chi connectivity index (χ4n) is 2.87. The number of allylic oxidation sites excluding steroid dienone is 2. The summed E-state index contributed by atoms with van der Waals surface area (Å²) in [5.41, 5.74) is 2.34. The molecule has 2 aliphatic rings. The summed E-state index contributed by atoms with van der Waals surface area (Å²) in [4.78, 5) is 4.82. The minimum absolute atomic E-state index is 0.858. The number of hydrogen-bond donors (Lipinski definition) is 1. The molecule has 4 heteroatoms. The third-order valence-electron chi connectivity index (χ3n) is 3.98. The fraction of sp³-hybridized carbons (Fsp3) is 0.625. The molecular weight excluding hydrogens is 270 g/mol. The van der Waals surface area contributed by atoms with Crippen molar-refractivity contribution in [1.29, 1.82) is 0 Å². The molecule has 0 aromatic rings. The van der Waals surface area contributed by atoms with Gasteiger partial charge in [-0.15, -0.1) is 6.42 Å². The van der Waals surface area contributed by atoms with E-state index in [9.17, 15) is 0 Å². The number of nitrogens with one attached hydrogen (secondary N) is 1. The van der Waals surface area contributed by atoms with Crippen molar-refractivity contribution >= 4 is 11.6 Å². The molecule has 2 rings (SSSR count). The third-order valence-corrected chi connectivity index (χ3v) is 4.21. The van der Waals surface area contributed by atoms with Gasteiger partial charge in [-0.2, -0.15) is 0 Å². The maximum atomic E-state index is 6.37. The molecule has 2 aliphatic heterocycles. The first-order chi connectivity index (χ1) is 9.72. The maximum absolute atomic E-state index is 6.37. The van der Waals surface area contributed by atoms with Gasteiger partial charge in [-0.25, -0.2) is 0 Å². The molecule has 0 bridgehead atoms. The SMILES string of the molecule is C#C/C=C(\C(CN1CCNCC1)=C(/C)Cl)N1CCCC1. The van der Waals surface area contributed by atoms with Crippen LogP contribution in [0, 0.1) is 12.3 Å². The highest BCUT2D eigenvalue weighted by Gasteiger charge is 2.21. The zero-order chi connectivity index (χ0) is 14.4. The summed E-state index contributed by atoms with van der Waals surface area (Å²) in [6, 6.07) is 0. The summed E-state index contributed by atoms with van der Waals surface area (Å²) >= 11 is 6.37. The minimum atomic E-state index is 0.858. The molecule has 20 heavy (non-hydrogen) atoms. The highest BCUT2D eigenvalue weighted by atomic mass is 35.5. The molecule has 0 amide bonds. The Morgan fingerprint density at radius 3 is 2.45 bits per heavy atom. The van der Waals surface area contributed by atoms with Crippen LogP contribution in [-0.4, -0.2) is 55.6 Å². The first-order valence-electron chi connectivity index (χ1n) is 7.42. The van der Waals surface area contributed by atoms with Crippen LogP contribution in [0.4, 0.5) is 0 Å². The van der Waals surface area contributed by atoms with Crippen molar-refractivity contribution in [2.45, 2.75) is 19.8 Å². The first kappa shape index (κ1) is 15.4. The highest BCUT2D eigenvalue weighted by molar-refractivity contribution is 6.29. The van der Waals surface area contributed by atoms with Gasteiger partial charge in [0.1, 0.15) is 0 Å². The zero-order valence-corrected chi connectivity index (χ0v) is 13.0. The zero-order valence-electron chi connectivity index (χ0n) is 12.3. The van der Waals surface area contributed by atoms with Gasteiger partial charge in [-0.1, -0.05) is 17.5 Å². The summed E-state index contributed by atoms with van der Waals surface area (Å²) in [5.74, 6) is 2.69. The lowest BCUT2D eigenvalue weighted by Gasteiger charge is -2.31. The summed E-state index contributed by atoms with van der Waals surface area (Å²) in [6.07, 6.45) is 9.89. The molecule has 2 heterocycles. The molecule has 110 valence electrons. The van der Waals surface area contributed by atoms with Gasteiger partial charge in [0.05, 0.1) is 5.70 Å². The molecule has 0 aliphatic carbocycles. The van der Waals surface area contributed by atoms with Gasteiger partial charge in [0, 0.05) is 62.5 Å². The fourth-order valence-corrected chi connectivity index (χ4v) is 3.02. The van der Waals surface area contributed by atoms with Gasteiger partial charge < -0.3 is 10.2 Å². The van der Waals surface area contributed by atoms with E-state index in [4.69, 9.17) is 18.0 Å². The average molecular weight is 294 g/mol. The molecule has 0 radical (unpaired) electrons. The van der Waals surface area contributed by atoms with Gasteiger partial charge in [0.15, 0.2) is 0 Å². The summed E-state index contributed by atoms with van der Waals surface area (Å²) < 4.78 is 0. The Morgan fingerprint density at radius 2 is 1.90 bits per heavy atom. The van der Waals surface area contributed by atoms with Crippen molar-refractivity contribution in [3.05, 3.63) is 22.4 Å². The summed E-state index contributed by atoms with van der Waals surface area (Å²) in [5, 5.41) is 4.24. The van der Waals surface area contributed by atoms with Crippen LogP contribution >= 0.6 is 11.6 Å². The molecule has 0 atom stereocenters. The second-order valence-corrected chi connectivity index (χ2v) is 6.00. The van der Waals surface area contributed by atoms with E-state index >= 15 is 0 Å². The summed E-state index contributed by atoms with van der Waals surface area (Å²) in [6.45, 7) is 9.26. The number of terminal acetylenes is 1. The van der Waals surface area contributed by atoms with Gasteiger partial charge in [0.2, 0.25) is 0 Å². The van der Waals surface area contributed by atoms with Crippen LogP contribution in [0.5, 0.6) is 0 Å². The normalized spacial score (nSPS) is 22.6. The second kappa shape index (κ2) is 7.73. The standard InChI is InChI=1S/C16H24ClN3/c1-3-6-16(20-9-4-5-10-20)15(14(2)17)13-19-11-7-18-8-12-19/h1,6,18H,4-5,7-13H2,2H3/b15-14+,16-6+. The summed E-state index contributed by atoms with van der Waals surface area (Å²) in [7, 11) is 0. The number of halogens is 1. The number of rotatable bonds is 4. The molecule has 0 aromatic carbocycles. The molecule has 2 fully saturated rings. The molecule has 0 aromatic heterocycles. The Hall–Kier alpha value is -0.950. The van der Waals surface area contributed by atoms with E-state index in [0.29, 0.717) is 0 Å². The van der Waals surface area contributed by atoms with E-state index < -0.39 is 0 Å². The van der Waals surface area contributed by atoms with Gasteiger partial charge in [-0.05, 0) is 19.8 Å². The topological polar surface area (TPSA) is 18.5 Å². The van der Waals surface area contributed by atoms with Crippen molar-refractivity contribution in [2.24, 2.45) is 0 Å². The van der Waals surface area contributed by atoms with E-state index in [1.54, 1.807) is 0 Å². The third kappa shape index (κ3) is 4.02. The van der Waals surface area contributed by atoms with Crippen LogP contribution in [0.3, 0.4) is 0 Å². The molecular formula is C16H24ClN3. The van der Waals surface area contributed by atoms with Crippen molar-refractivity contribution in [3.63, 3.8) is 0 Å². The van der Waals surface area contributed by atoms with Crippen LogP contribution < -0.4 is 5.32 Å². The second-order valence-electron chi connectivity index (χ2n) is 5.43. The number of hydrogen-bond acceptors (Lipinski definition) is 3. The van der Waals surface area contributed by atoms with Gasteiger partial charge in [-0.3, -0.25) is 4.90 Å². The maximum Gasteiger partial charge on any atom is 0.0508 e. The number of nitrogens with zero attached hydrogens (tertiary/aromatic N) is 2. The van der Waals surface area contributed by atoms with Crippen LogP contribution in [0.15, 0.2) is 22.4 Å². The predicted molar refractivity (Wildman–Crippen MR) is 85.6 cm³/mol. The Kier molecular flexibility index (Phi) is 5.97. The molecule has 2 saturated heterocycles. The Bertz CT molecular complexity index is 417. The molecule has 0 saturated carbocycles. The number of piperazine rings is 1. The van der Waals surface area contributed by atoms with E-state index in [1.165, 1.54) is 18.4 Å². The minimum Gasteiger partial charge on any atom is -0.371 e. The predicted octanol–water partition coefficient (Wildman–Crippen LogP) is 2.02. The van der Waals surface area contributed by atoms with Crippen LogP contribution in [0.2, 0.25) is 0 Å². The van der Waals surface area contributed by atoms with E-state index in [2.05, 4.69) is 21.0 Å². The largest absolute Gasteiger partial charge is 0.371 e. The molecule has 0 unspecified atom stereocenters. The van der Waals surface area contributed by atoms with E-state index in [0.717, 1.165) is 56.5 Å². The monoisotopic (exact) mass is 293 g/mol. The molecule has 0 spiro atoms. The highest BCUT2D eigenvalue weighted by Crippen LogP contribution is 2.26. The van der Waals surface area contributed by atoms with Gasteiger partial charge in [0.25, 0.3) is 0 Å². The van der Waals surface area contributed by atoms with Crippen molar-refractivity contribution in [2.75, 3.05) is 45.8 Å². The lowest BCUT2D eigenvalue weighted by Crippen LogP contribution is -2.44. The van der Waals surface area contributed by atoms with Crippen molar-refractivity contribution < 1.29 is 0 Å². The average Bonchev–Trinajstić information content (AvgIpc) is 2.97. The Morgan fingerprint density at radius 1 is 1.25 bits per heavy atom. The van der Waals surface area contributed by atoms with Crippen LogP contribution in [0.25, 0.3) is 0 Å². The first-order valence-corrected chi connectivity index (χ1v) is 7.80. The smallest absolute Gasteiger partial charge is 0.0508 e. The van der Waals surface area contributed by atoms with Crippen molar-refractivity contribution in [1.82, 2.24) is 15.1 Å². The molecule has 1 N–H and O–H groups in total. The van der Waals surface area contributed by atoms with Crippen LogP contribution in [-0.2, 0) is 0 Å². The lowest BCUT2D eigenvalue weighted by molar-refractivity contribution is 0.256. The van der Waals surface area contributed by atoms with E-state index in [-0.39, 0.29) is 0 Å². The van der Waals surface area contributed by atoms with E-state index in [1.807, 2.05) is 13.0 Å². The Labute approximate surface area is 127 Å². The Balaban J connectivity index is 2.15. The lowest BCUT2D eigenvalue weighted by atomic mass is 10.1. The quantitative estimate of drug-likeness (QED) is 0.632. The van der Waals surface area contributed by atoms with Crippen molar-refractivity contribution in [3.8, 4) is 12.3 Å².